The molecule has 0 heterocycles. The summed E-state index contributed by atoms with van der Waals surface area (Å²) < 4.78 is 0. The average Bonchev–Trinajstić information content (AvgIpc) is 2.51. The standard InChI is InChI=1S/C17H12O4/c18-15-9-14(17(20)21)16(19)12-7-6-11(8-13(12)15)10-4-2-1-3-5-10/h1-9,18-19H,(H,20,21). The molecule has 0 bridgehead atoms. The molecule has 0 saturated heterocycles. The molecule has 0 fully saturated rings. The quantitative estimate of drug-likeness (QED) is 0.626. The third-order valence-corrected chi connectivity index (χ3v) is 3.42. The topological polar surface area (TPSA) is 77.8 Å². The molecule has 3 N–H and O–H groups in total. The smallest absolute Gasteiger partial charge is 0.339 e. The molecule has 3 aromatic carbocycles. The maximum absolute atomic E-state index is 11.0. The zero-order chi connectivity index (χ0) is 15.0. The van der Waals surface area contributed by atoms with Crippen molar-refractivity contribution in [3.8, 4) is 22.6 Å². The second-order valence-electron chi connectivity index (χ2n) is 4.72. The molecule has 0 amide bonds. The van der Waals surface area contributed by atoms with Gasteiger partial charge in [0.1, 0.15) is 17.1 Å². The van der Waals surface area contributed by atoms with E-state index in [0.717, 1.165) is 17.2 Å². The highest BCUT2D eigenvalue weighted by molar-refractivity contribution is 6.04. The van der Waals surface area contributed by atoms with Crippen LogP contribution in [0, 0.1) is 0 Å². The van der Waals surface area contributed by atoms with Crippen molar-refractivity contribution in [1.82, 2.24) is 0 Å². The van der Waals surface area contributed by atoms with Crippen LogP contribution in [0.1, 0.15) is 10.4 Å². The van der Waals surface area contributed by atoms with Gasteiger partial charge in [-0.25, -0.2) is 4.79 Å². The third kappa shape index (κ3) is 2.17. The van der Waals surface area contributed by atoms with Gasteiger partial charge in [0.15, 0.2) is 0 Å². The molecule has 0 aliphatic heterocycles. The number of carbonyl (C=O) groups is 1. The number of benzene rings is 3. The Kier molecular flexibility index (Phi) is 2.99. The molecule has 0 unspecified atom stereocenters. The molecule has 0 aromatic heterocycles. The van der Waals surface area contributed by atoms with E-state index in [-0.39, 0.29) is 17.1 Å². The second-order valence-corrected chi connectivity index (χ2v) is 4.72. The van der Waals surface area contributed by atoms with Crippen LogP contribution in [0.4, 0.5) is 0 Å². The highest BCUT2D eigenvalue weighted by Gasteiger charge is 2.16. The van der Waals surface area contributed by atoms with Gasteiger partial charge in [-0.05, 0) is 29.3 Å². The van der Waals surface area contributed by atoms with E-state index in [1.807, 2.05) is 30.3 Å². The summed E-state index contributed by atoms with van der Waals surface area (Å²) in [6, 6.07) is 15.8. The summed E-state index contributed by atoms with van der Waals surface area (Å²) in [5, 5.41) is 29.8. The van der Waals surface area contributed by atoms with Crippen LogP contribution in [0.25, 0.3) is 21.9 Å². The Bertz CT molecular complexity index is 838. The molecule has 3 aromatic rings. The zero-order valence-corrected chi connectivity index (χ0v) is 10.9. The summed E-state index contributed by atoms with van der Waals surface area (Å²) in [4.78, 5) is 11.0. The first kappa shape index (κ1) is 13.0. The minimum atomic E-state index is -1.28. The van der Waals surface area contributed by atoms with Gasteiger partial charge in [0.25, 0.3) is 0 Å². The number of carboxylic acids is 1. The van der Waals surface area contributed by atoms with Crippen molar-refractivity contribution in [3.05, 3.63) is 60.2 Å². The predicted octanol–water partition coefficient (Wildman–Crippen LogP) is 3.62. The van der Waals surface area contributed by atoms with Gasteiger partial charge in [-0.15, -0.1) is 0 Å². The van der Waals surface area contributed by atoms with E-state index in [1.54, 1.807) is 18.2 Å². The summed E-state index contributed by atoms with van der Waals surface area (Å²) in [7, 11) is 0. The number of aromatic carboxylic acids is 1. The van der Waals surface area contributed by atoms with E-state index < -0.39 is 5.97 Å². The number of rotatable bonds is 2. The Morgan fingerprint density at radius 1 is 0.810 bits per heavy atom. The average molecular weight is 280 g/mol. The first-order valence-corrected chi connectivity index (χ1v) is 6.35. The van der Waals surface area contributed by atoms with E-state index in [4.69, 9.17) is 5.11 Å². The van der Waals surface area contributed by atoms with Gasteiger partial charge in [0.05, 0.1) is 0 Å². The SMILES string of the molecule is O=C(O)c1cc(O)c2cc(-c3ccccc3)ccc2c1O. The summed E-state index contributed by atoms with van der Waals surface area (Å²) in [6.45, 7) is 0. The molecular formula is C17H12O4. The Morgan fingerprint density at radius 2 is 1.52 bits per heavy atom. The van der Waals surface area contributed by atoms with Gasteiger partial charge in [-0.3, -0.25) is 0 Å². The van der Waals surface area contributed by atoms with E-state index in [0.29, 0.717) is 10.8 Å². The molecule has 4 nitrogen and oxygen atoms in total. The molecule has 3 rings (SSSR count). The summed E-state index contributed by atoms with van der Waals surface area (Å²) >= 11 is 0. The van der Waals surface area contributed by atoms with Gasteiger partial charge >= 0.3 is 5.97 Å². The van der Waals surface area contributed by atoms with Gasteiger partial charge < -0.3 is 15.3 Å². The van der Waals surface area contributed by atoms with Crippen molar-refractivity contribution in [3.63, 3.8) is 0 Å². The minimum absolute atomic E-state index is 0.169. The first-order chi connectivity index (χ1) is 10.1. The lowest BCUT2D eigenvalue weighted by Crippen LogP contribution is -1.97. The Morgan fingerprint density at radius 3 is 2.19 bits per heavy atom. The number of hydrogen-bond donors (Lipinski definition) is 3. The molecule has 0 saturated carbocycles. The van der Waals surface area contributed by atoms with Crippen molar-refractivity contribution in [2.45, 2.75) is 0 Å². The number of fused-ring (bicyclic) bond motifs is 1. The van der Waals surface area contributed by atoms with Crippen LogP contribution < -0.4 is 0 Å². The van der Waals surface area contributed by atoms with E-state index >= 15 is 0 Å². The summed E-state index contributed by atoms with van der Waals surface area (Å²) in [6.07, 6.45) is 0. The largest absolute Gasteiger partial charge is 0.507 e. The highest BCUT2D eigenvalue weighted by atomic mass is 16.4. The van der Waals surface area contributed by atoms with Gasteiger partial charge in [0.2, 0.25) is 0 Å². The summed E-state index contributed by atoms with van der Waals surface area (Å²) in [5.74, 6) is -1.79. The van der Waals surface area contributed by atoms with Crippen LogP contribution in [0.2, 0.25) is 0 Å². The fourth-order valence-electron chi connectivity index (χ4n) is 2.36. The molecule has 4 heteroatoms. The number of aromatic hydroxyl groups is 2. The molecule has 21 heavy (non-hydrogen) atoms. The lowest BCUT2D eigenvalue weighted by Gasteiger charge is -2.09. The number of phenolic OH excluding ortho intramolecular Hbond substituents is 1. The Labute approximate surface area is 120 Å². The van der Waals surface area contributed by atoms with Crippen LogP contribution in [-0.2, 0) is 0 Å². The lowest BCUT2D eigenvalue weighted by molar-refractivity contribution is 0.0693. The molecule has 104 valence electrons. The van der Waals surface area contributed by atoms with Gasteiger partial charge in [-0.2, -0.15) is 0 Å². The molecule has 0 aliphatic rings. The van der Waals surface area contributed by atoms with Crippen LogP contribution >= 0.6 is 0 Å². The van der Waals surface area contributed by atoms with Crippen molar-refractivity contribution >= 4 is 16.7 Å². The van der Waals surface area contributed by atoms with Gasteiger partial charge in [0, 0.05) is 10.8 Å². The van der Waals surface area contributed by atoms with Crippen molar-refractivity contribution in [1.29, 1.82) is 0 Å². The fourth-order valence-corrected chi connectivity index (χ4v) is 2.36. The lowest BCUT2D eigenvalue weighted by atomic mass is 9.98. The van der Waals surface area contributed by atoms with E-state index in [1.165, 1.54) is 0 Å². The van der Waals surface area contributed by atoms with Crippen molar-refractivity contribution in [2.24, 2.45) is 0 Å². The molecule has 0 spiro atoms. The maximum Gasteiger partial charge on any atom is 0.339 e. The molecule has 0 atom stereocenters. The number of phenols is 2. The van der Waals surface area contributed by atoms with Crippen LogP contribution in [0.5, 0.6) is 11.5 Å². The maximum atomic E-state index is 11.0. The number of hydrogen-bond acceptors (Lipinski definition) is 3. The highest BCUT2D eigenvalue weighted by Crippen LogP contribution is 2.37. The summed E-state index contributed by atoms with van der Waals surface area (Å²) in [5.41, 5.74) is 1.54. The fraction of sp³-hybridized carbons (Fsp3) is 0. The molecular weight excluding hydrogens is 268 g/mol. The molecule has 0 aliphatic carbocycles. The van der Waals surface area contributed by atoms with Crippen LogP contribution in [-0.4, -0.2) is 21.3 Å². The van der Waals surface area contributed by atoms with Gasteiger partial charge in [-0.1, -0.05) is 36.4 Å². The first-order valence-electron chi connectivity index (χ1n) is 6.35. The Hall–Kier alpha value is -3.01. The minimum Gasteiger partial charge on any atom is -0.507 e. The van der Waals surface area contributed by atoms with Crippen LogP contribution in [0.3, 0.4) is 0 Å². The van der Waals surface area contributed by atoms with Crippen molar-refractivity contribution in [2.75, 3.05) is 0 Å². The van der Waals surface area contributed by atoms with Crippen LogP contribution in [0.15, 0.2) is 54.6 Å². The normalized spacial score (nSPS) is 10.7. The number of carboxylic acid groups (broad SMARTS) is 1. The second kappa shape index (κ2) is 4.83. The monoisotopic (exact) mass is 280 g/mol. The zero-order valence-electron chi connectivity index (χ0n) is 10.9. The molecule has 0 radical (unpaired) electrons. The van der Waals surface area contributed by atoms with E-state index in [2.05, 4.69) is 0 Å². The van der Waals surface area contributed by atoms with Crippen molar-refractivity contribution < 1.29 is 20.1 Å². The Balaban J connectivity index is 2.26. The third-order valence-electron chi connectivity index (χ3n) is 3.42. The van der Waals surface area contributed by atoms with E-state index in [9.17, 15) is 15.0 Å². The predicted molar refractivity (Wildman–Crippen MR) is 79.7 cm³/mol.